The predicted molar refractivity (Wildman–Crippen MR) is 199 cm³/mol. The minimum atomic E-state index is -2.18. The zero-order valence-corrected chi connectivity index (χ0v) is 35.0. The van der Waals surface area contributed by atoms with Gasteiger partial charge in [0.2, 0.25) is 0 Å². The molecule has 31 nitrogen and oxygen atoms in total. The summed E-state index contributed by atoms with van der Waals surface area (Å²) in [5.41, 5.74) is 0. The Labute approximate surface area is 378 Å². The van der Waals surface area contributed by atoms with Gasteiger partial charge in [0.1, 0.15) is 146 Å². The molecule has 0 spiro atoms. The fourth-order valence-electron chi connectivity index (χ4n) is 8.52. The first-order chi connectivity index (χ1) is 31.8. The Morgan fingerprint density at radius 2 is 0.433 bits per heavy atom. The van der Waals surface area contributed by atoms with E-state index in [4.69, 9.17) is 52.1 Å². The Kier molecular flexibility index (Phi) is 19.4. The van der Waals surface area contributed by atoms with Crippen molar-refractivity contribution in [1.82, 2.24) is 0 Å². The molecule has 0 saturated carbocycles. The highest BCUT2D eigenvalue weighted by atomic mass is 16.8. The van der Waals surface area contributed by atoms with E-state index in [1.807, 2.05) is 0 Å². The standard InChI is InChI=1S/C36H62O31/c37-1-7-13(43)14(44)21(51)32(58-7)64-27-9(3-39)60-34(23(53)16(27)46)66-29-11(5-41)62-36(25(55)18(29)48)67-30-12(6-42)61-35(24(54)19(30)49)65-28-10(4-40)59-33(22(52)17(28)47)63-26-8(2-38)57-31(56)20(50)15(26)45/h7-56H,1-6H2/t7-,8?,9?,10-,11-,12?,13+,14?,15?,16?,17?,18?,19?,20-,21?,22?,23-,24-,25?,26+,27+,28+,29+,30+,31+,32-,33-,34-,35-,36-/m0/s1. The molecule has 0 aromatic rings. The van der Waals surface area contributed by atoms with Gasteiger partial charge in [-0.3, -0.25) is 0 Å². The largest absolute Gasteiger partial charge is 0.394 e. The quantitative estimate of drug-likeness (QED) is 0.0683. The van der Waals surface area contributed by atoms with E-state index in [-0.39, 0.29) is 0 Å². The molecule has 6 aliphatic rings. The smallest absolute Gasteiger partial charge is 0.187 e. The second kappa shape index (κ2) is 23.5. The first-order valence-corrected chi connectivity index (χ1v) is 21.1. The highest BCUT2D eigenvalue weighted by molar-refractivity contribution is 5.00. The number of aliphatic hydroxyl groups is 20. The zero-order chi connectivity index (χ0) is 49.3. The lowest BCUT2D eigenvalue weighted by molar-refractivity contribution is -0.396. The van der Waals surface area contributed by atoms with Crippen LogP contribution in [0.1, 0.15) is 0 Å². The van der Waals surface area contributed by atoms with Crippen molar-refractivity contribution < 1.29 is 154 Å². The number of rotatable bonds is 16. The molecule has 30 atom stereocenters. The Morgan fingerprint density at radius 1 is 0.224 bits per heavy atom. The molecule has 20 N–H and O–H groups in total. The molecular formula is C36H62O31. The van der Waals surface area contributed by atoms with Crippen molar-refractivity contribution in [2.24, 2.45) is 0 Å². The van der Waals surface area contributed by atoms with Gasteiger partial charge in [-0.1, -0.05) is 0 Å². The van der Waals surface area contributed by atoms with Gasteiger partial charge in [-0.25, -0.2) is 0 Å². The van der Waals surface area contributed by atoms with Gasteiger partial charge >= 0.3 is 0 Å². The number of ether oxygens (including phenoxy) is 11. The minimum absolute atomic E-state index is 0.830. The van der Waals surface area contributed by atoms with Crippen LogP contribution in [0.3, 0.4) is 0 Å². The van der Waals surface area contributed by atoms with E-state index in [2.05, 4.69) is 0 Å². The molecular weight excluding hydrogens is 928 g/mol. The summed E-state index contributed by atoms with van der Waals surface area (Å²) >= 11 is 0. The maximum absolute atomic E-state index is 11.2. The normalized spacial score (nSPS) is 53.4. The van der Waals surface area contributed by atoms with Crippen molar-refractivity contribution >= 4 is 0 Å². The summed E-state index contributed by atoms with van der Waals surface area (Å²) in [5.74, 6) is 0. The molecule has 0 radical (unpaired) electrons. The summed E-state index contributed by atoms with van der Waals surface area (Å²) in [4.78, 5) is 0. The Hall–Kier alpha value is -1.24. The molecule has 0 amide bonds. The van der Waals surface area contributed by atoms with E-state index in [1.54, 1.807) is 0 Å². The second-order valence-corrected chi connectivity index (χ2v) is 16.8. The summed E-state index contributed by atoms with van der Waals surface area (Å²) in [6, 6.07) is 0. The summed E-state index contributed by atoms with van der Waals surface area (Å²) in [6.07, 6.45) is -56.5. The van der Waals surface area contributed by atoms with Gasteiger partial charge in [0.25, 0.3) is 0 Å². The van der Waals surface area contributed by atoms with Crippen molar-refractivity contribution in [3.8, 4) is 0 Å². The van der Waals surface area contributed by atoms with Crippen LogP contribution in [-0.2, 0) is 52.1 Å². The summed E-state index contributed by atoms with van der Waals surface area (Å²) < 4.78 is 60.5. The third-order valence-corrected chi connectivity index (χ3v) is 12.4. The van der Waals surface area contributed by atoms with Crippen LogP contribution in [0, 0.1) is 0 Å². The molecule has 0 bridgehead atoms. The van der Waals surface area contributed by atoms with E-state index in [0.717, 1.165) is 0 Å². The van der Waals surface area contributed by atoms with Crippen LogP contribution >= 0.6 is 0 Å². The third kappa shape index (κ3) is 11.2. The highest BCUT2D eigenvalue weighted by Crippen LogP contribution is 2.36. The lowest BCUT2D eigenvalue weighted by Gasteiger charge is -2.49. The van der Waals surface area contributed by atoms with Crippen LogP contribution in [-0.4, -0.2) is 326 Å². The summed E-state index contributed by atoms with van der Waals surface area (Å²) in [7, 11) is 0. The zero-order valence-electron chi connectivity index (χ0n) is 35.0. The second-order valence-electron chi connectivity index (χ2n) is 16.8. The average molecular weight is 991 g/mol. The first-order valence-electron chi connectivity index (χ1n) is 21.1. The van der Waals surface area contributed by atoms with Crippen LogP contribution in [0.2, 0.25) is 0 Å². The predicted octanol–water partition coefficient (Wildman–Crippen LogP) is -14.1. The average Bonchev–Trinajstić information content (AvgIpc) is 3.32. The van der Waals surface area contributed by atoms with Gasteiger partial charge < -0.3 is 154 Å². The molecule has 12 unspecified atom stereocenters. The molecule has 0 aliphatic carbocycles. The van der Waals surface area contributed by atoms with Crippen molar-refractivity contribution in [2.45, 2.75) is 184 Å². The van der Waals surface area contributed by atoms with Crippen molar-refractivity contribution in [3.05, 3.63) is 0 Å². The number of aliphatic hydroxyl groups excluding tert-OH is 20. The van der Waals surface area contributed by atoms with Crippen LogP contribution < -0.4 is 0 Å². The molecule has 6 saturated heterocycles. The van der Waals surface area contributed by atoms with E-state index in [1.165, 1.54) is 0 Å². The molecule has 6 heterocycles. The monoisotopic (exact) mass is 990 g/mol. The van der Waals surface area contributed by atoms with Gasteiger partial charge in [0.15, 0.2) is 37.7 Å². The molecule has 0 aromatic heterocycles. The molecule has 6 aliphatic heterocycles. The van der Waals surface area contributed by atoms with Crippen LogP contribution in [0.15, 0.2) is 0 Å². The first kappa shape index (κ1) is 55.1. The van der Waals surface area contributed by atoms with E-state index >= 15 is 0 Å². The third-order valence-electron chi connectivity index (χ3n) is 12.4. The van der Waals surface area contributed by atoms with Crippen molar-refractivity contribution in [2.75, 3.05) is 39.6 Å². The summed E-state index contributed by atoms with van der Waals surface area (Å²) in [6.45, 7) is -5.67. The fraction of sp³-hybridized carbons (Fsp3) is 1.00. The van der Waals surface area contributed by atoms with Crippen molar-refractivity contribution in [1.29, 1.82) is 0 Å². The van der Waals surface area contributed by atoms with Gasteiger partial charge in [0.05, 0.1) is 39.6 Å². The molecule has 6 rings (SSSR count). The Bertz CT molecular complexity index is 1500. The van der Waals surface area contributed by atoms with E-state index in [9.17, 15) is 102 Å². The molecule has 392 valence electrons. The van der Waals surface area contributed by atoms with Gasteiger partial charge in [-0.15, -0.1) is 0 Å². The lowest BCUT2D eigenvalue weighted by Crippen LogP contribution is -2.68. The summed E-state index contributed by atoms with van der Waals surface area (Å²) in [5, 5.41) is 209. The fourth-order valence-corrected chi connectivity index (χ4v) is 8.52. The van der Waals surface area contributed by atoms with Gasteiger partial charge in [0, 0.05) is 0 Å². The molecule has 6 fully saturated rings. The molecule has 31 heteroatoms. The van der Waals surface area contributed by atoms with Gasteiger partial charge in [-0.2, -0.15) is 0 Å². The maximum Gasteiger partial charge on any atom is 0.187 e. The topological polar surface area (TPSA) is 506 Å². The molecule has 0 aromatic carbocycles. The Morgan fingerprint density at radius 3 is 0.687 bits per heavy atom. The maximum atomic E-state index is 11.2. The van der Waals surface area contributed by atoms with Crippen molar-refractivity contribution in [3.63, 3.8) is 0 Å². The lowest BCUT2D eigenvalue weighted by atomic mass is 9.95. The number of hydrogen-bond donors (Lipinski definition) is 20. The van der Waals surface area contributed by atoms with Gasteiger partial charge in [-0.05, 0) is 0 Å². The van der Waals surface area contributed by atoms with Crippen LogP contribution in [0.5, 0.6) is 0 Å². The number of hydrogen-bond acceptors (Lipinski definition) is 31. The van der Waals surface area contributed by atoms with E-state index in [0.29, 0.717) is 0 Å². The molecule has 67 heavy (non-hydrogen) atoms. The highest BCUT2D eigenvalue weighted by Gasteiger charge is 2.57. The van der Waals surface area contributed by atoms with Crippen LogP contribution in [0.4, 0.5) is 0 Å². The minimum Gasteiger partial charge on any atom is -0.394 e. The van der Waals surface area contributed by atoms with Crippen LogP contribution in [0.25, 0.3) is 0 Å². The Balaban J connectivity index is 1.07. The SMILES string of the molecule is OCC1O[C@@H](O[C@H]2C(O)C(O)[C@H](O[C@@H]3C(CO)O[C@@H](O[C@H]4C(O)C(O)[C@H](O[C@@H]5C(CO)O[C@@H](O)[C@@H](O)C5O)O[C@H]4CO)[C@@H](O)C3O)O[C@H]2CO)[C@@H](O)C(O)[C@@H]1O[C@@H]1O[C@@H](CO)[C@@H](O)C(O)C1O. The van der Waals surface area contributed by atoms with E-state index < -0.39 is 224 Å².